The van der Waals surface area contributed by atoms with Crippen LogP contribution >= 0.6 is 0 Å². The van der Waals surface area contributed by atoms with Crippen molar-refractivity contribution in [2.75, 3.05) is 46.2 Å². The molecule has 47 nitrogen and oxygen atoms in total. The van der Waals surface area contributed by atoms with Crippen LogP contribution < -0.4 is 0 Å². The van der Waals surface area contributed by atoms with Gasteiger partial charge in [-0.2, -0.15) is 30.7 Å². The van der Waals surface area contributed by atoms with Gasteiger partial charge in [-0.3, -0.25) is 81.5 Å². The van der Waals surface area contributed by atoms with Gasteiger partial charge in [-0.25, -0.2) is 0 Å². The predicted molar refractivity (Wildman–Crippen MR) is 392 cm³/mol. The van der Waals surface area contributed by atoms with Gasteiger partial charge in [0.1, 0.15) is 106 Å². The number of rotatable bonds is 29. The molecule has 0 amide bonds. The highest BCUT2D eigenvalue weighted by atomic mass is 19.4. The number of carbonyl (C=O) groups excluding carboxylic acids is 17. The van der Waals surface area contributed by atoms with Crippen LogP contribution in [0.3, 0.4) is 0 Å². The van der Waals surface area contributed by atoms with Crippen molar-refractivity contribution in [3.05, 3.63) is 12.2 Å². The summed E-state index contributed by atoms with van der Waals surface area (Å²) in [6.07, 6.45) is -79.6. The molecule has 0 aliphatic carbocycles. The fourth-order valence-corrected chi connectivity index (χ4v) is 14.4. The summed E-state index contributed by atoms with van der Waals surface area (Å²) in [5, 5.41) is 0. The first-order valence-electron chi connectivity index (χ1n) is 39.7. The molecule has 22 heterocycles. The number of halogens is 7. The van der Waals surface area contributed by atoms with E-state index in [0.29, 0.717) is 13.0 Å². The molecule has 0 radical (unpaired) electrons. The number of carbonyl (C=O) groups is 17. The molecule has 22 saturated heterocycles. The Hall–Kier alpha value is -10.3. The molecule has 22 aliphatic heterocycles. The number of alkyl halides is 7. The van der Waals surface area contributed by atoms with Crippen LogP contribution in [0.15, 0.2) is 12.2 Å². The van der Waals surface area contributed by atoms with Gasteiger partial charge in [-0.1, -0.05) is 12.2 Å². The number of hydrogen-bond donors (Lipinski definition) is 0. The summed E-state index contributed by atoms with van der Waals surface area (Å²) < 4.78 is 280. The lowest BCUT2D eigenvalue weighted by Crippen LogP contribution is -2.71. The van der Waals surface area contributed by atoms with Gasteiger partial charge in [0.15, 0.2) is 111 Å². The van der Waals surface area contributed by atoms with Gasteiger partial charge < -0.3 is 142 Å². The molecule has 54 heteroatoms. The van der Waals surface area contributed by atoms with E-state index >= 15 is 0 Å². The highest BCUT2D eigenvalue weighted by Crippen LogP contribution is 2.49. The zero-order chi connectivity index (χ0) is 97.9. The third-order valence-corrected chi connectivity index (χ3v) is 19.0. The third-order valence-electron chi connectivity index (χ3n) is 19.0. The number of allylic oxidation sites excluding steroid dienone is 1. The lowest BCUT2D eigenvalue weighted by Gasteiger charge is -2.52. The molecule has 12 bridgehead atoms. The van der Waals surface area contributed by atoms with E-state index in [9.17, 15) is 112 Å². The zero-order valence-electron chi connectivity index (χ0n) is 73.0. The Morgan fingerprint density at radius 3 is 0.534 bits per heavy atom. The maximum Gasteiger partial charge on any atom is 0.459 e. The normalized spacial score (nSPS) is 33.3. The first-order chi connectivity index (χ1) is 61.1. The highest BCUT2D eigenvalue weighted by Gasteiger charge is 2.73. The molecule has 0 aromatic carbocycles. The van der Waals surface area contributed by atoms with Gasteiger partial charge in [0.2, 0.25) is 0 Å². The number of esters is 17. The highest BCUT2D eigenvalue weighted by molar-refractivity contribution is 5.72. The molecule has 738 valence electrons. The zero-order valence-corrected chi connectivity index (χ0v) is 73.0. The molecule has 0 N–H and O–H groups in total. The lowest BCUT2D eigenvalue weighted by atomic mass is 9.94. The van der Waals surface area contributed by atoms with E-state index in [-0.39, 0.29) is 6.08 Å². The van der Waals surface area contributed by atoms with Gasteiger partial charge in [-0.15, -0.1) is 0 Å². The van der Waals surface area contributed by atoms with Crippen LogP contribution in [-0.4, -0.2) is 350 Å². The smallest absolute Gasteiger partial charge is 0.459 e. The summed E-state index contributed by atoms with van der Waals surface area (Å²) in [7, 11) is 0. The second-order valence-electron chi connectivity index (χ2n) is 29.8. The summed E-state index contributed by atoms with van der Waals surface area (Å²) in [5.41, 5.74) is 0. The third kappa shape index (κ3) is 30.1. The van der Waals surface area contributed by atoms with Crippen LogP contribution in [0.2, 0.25) is 0 Å². The summed E-state index contributed by atoms with van der Waals surface area (Å²) in [5.74, 6) is -34.3. The Bertz CT molecular complexity index is 4020. The Labute approximate surface area is 738 Å². The van der Waals surface area contributed by atoms with E-state index in [2.05, 4.69) is 0 Å². The lowest BCUT2D eigenvalue weighted by molar-refractivity contribution is -0.404. The summed E-state index contributed by atoms with van der Waals surface area (Å²) in [6.45, 7) is 5.22. The summed E-state index contributed by atoms with van der Waals surface area (Å²) >= 11 is 0. The van der Waals surface area contributed by atoms with Gasteiger partial charge >= 0.3 is 119 Å². The van der Waals surface area contributed by atoms with Crippen molar-refractivity contribution >= 4 is 101 Å². The van der Waals surface area contributed by atoms with E-state index in [1.807, 2.05) is 0 Å². The maximum atomic E-state index is 14.7. The van der Waals surface area contributed by atoms with Crippen LogP contribution in [0, 0.1) is 0 Å². The molecule has 131 heavy (non-hydrogen) atoms. The van der Waals surface area contributed by atoms with Crippen LogP contribution in [0.5, 0.6) is 0 Å². The number of hydrogen-bond acceptors (Lipinski definition) is 47. The van der Waals surface area contributed by atoms with E-state index in [4.69, 9.17) is 142 Å². The molecular formula is C77H99F7O47. The molecule has 22 rings (SSSR count). The quantitative estimate of drug-likeness (QED) is 0.0322. The van der Waals surface area contributed by atoms with Gasteiger partial charge in [0.25, 0.3) is 0 Å². The van der Waals surface area contributed by atoms with Crippen molar-refractivity contribution in [3.8, 4) is 0 Å². The molecule has 0 unspecified atom stereocenters. The van der Waals surface area contributed by atoms with Gasteiger partial charge in [0, 0.05) is 124 Å². The van der Waals surface area contributed by atoms with Crippen LogP contribution in [0.4, 0.5) is 30.7 Å². The molecule has 22 aliphatic rings. The van der Waals surface area contributed by atoms with Crippen molar-refractivity contribution in [2.45, 2.75) is 326 Å². The van der Waals surface area contributed by atoms with Gasteiger partial charge in [-0.05, 0) is 0 Å². The first kappa shape index (κ1) is 108. The Kier molecular flexibility index (Phi) is 39.0. The van der Waals surface area contributed by atoms with E-state index in [1.54, 1.807) is 0 Å². The van der Waals surface area contributed by atoms with Crippen molar-refractivity contribution < 1.29 is 254 Å². The fourth-order valence-electron chi connectivity index (χ4n) is 14.4. The van der Waals surface area contributed by atoms with E-state index in [1.165, 1.54) is 0 Å². The monoisotopic (exact) mass is 1910 g/mol. The topological polar surface area (TPSA) is 567 Å². The molecular weight excluding hydrogens is 1810 g/mol. The molecule has 0 saturated carbocycles. The summed E-state index contributed by atoms with van der Waals surface area (Å²) in [6, 6.07) is 0. The Morgan fingerprint density at radius 1 is 0.221 bits per heavy atom. The second-order valence-corrected chi connectivity index (χ2v) is 29.8. The fraction of sp³-hybridized carbons (Fsp3) is 0.753. The average molecular weight is 1910 g/mol. The minimum absolute atomic E-state index is 0.125. The molecule has 0 aromatic heterocycles. The van der Waals surface area contributed by atoms with E-state index < -0.39 is 356 Å². The van der Waals surface area contributed by atoms with Crippen molar-refractivity contribution in [1.82, 2.24) is 0 Å². The average Bonchev–Trinajstić information content (AvgIpc) is 0.753. The largest absolute Gasteiger partial charge is 0.463 e. The van der Waals surface area contributed by atoms with Gasteiger partial charge in [0.05, 0.1) is 13.2 Å². The Morgan fingerprint density at radius 2 is 0.382 bits per heavy atom. The maximum absolute atomic E-state index is 14.7. The standard InChI is InChI=1S/C77H99F7O47/c1-28(85)103-23-46-52-58(109-34(7)91)65(116-41(14)98)71(122-46)129-54-48(25-105-30(3)87)124-73(67(118-43(16)100)60(54)111-36(9)93)131-56-50(27-107-32(5)89)125-74(68(119-44(17)101)62(56)113-38(11)95)130-55-49(26-106-31(4)88)123-72(66(117-42(15)99)61(55)112-37(10)94)128-53-47(24-104-29(2)86)121-70(64(115-40(13)97)59(53)110-35(8)92)126-51-45(120-69(127-52)63(114-39(12)96)57(51)108-33(6)90)22-102-21-19-18-20-75(78,79)76(80,81)77(82,83)84/h18-19,45-74H,20-27H2,1-17H3/b19-18+/t45-,46-,47-,48-,49-,50-,51-,52-,53-,54-,55-,56-,57+,58+,59+,60+,61+,62+,63-,64-,65-,66-,67-,68-,69-,70-,71-,72-,73-,74-/m1/s1. The minimum atomic E-state index is -6.79. The van der Waals surface area contributed by atoms with Crippen LogP contribution in [0.25, 0.3) is 0 Å². The van der Waals surface area contributed by atoms with Crippen molar-refractivity contribution in [3.63, 3.8) is 0 Å². The predicted octanol–water partition coefficient (Wildman–Crippen LogP) is 0.452. The Balaban J connectivity index is 1.64. The second kappa shape index (κ2) is 47.4. The first-order valence-corrected chi connectivity index (χ1v) is 39.7. The van der Waals surface area contributed by atoms with Crippen LogP contribution in [-0.2, 0) is 224 Å². The summed E-state index contributed by atoms with van der Waals surface area (Å²) in [4.78, 5) is 231. The molecule has 30 atom stereocenters. The number of ether oxygens (including phenoxy) is 30. The molecule has 0 spiro atoms. The van der Waals surface area contributed by atoms with E-state index in [0.717, 1.165) is 111 Å². The van der Waals surface area contributed by atoms with Crippen molar-refractivity contribution in [2.24, 2.45) is 0 Å². The molecule has 22 fully saturated rings. The SMILES string of the molecule is CC(=O)OC[C@H]1O[C@@H]2O[C@H]3[C@H](OC(C)=O)[C@@H](OC(C)=O)[C@@H](O[C@H]4[C@H](OC(C)=O)[C@@H](OC(C)=O)[C@@H](O[C@H]5[C@H](OC(C)=O)[C@@H](OC(C)=O)[C@@H](O[C@H]6[C@H](OC(C)=O)[C@@H](OC(C)=O)[C@@H](O[C@H]7[C@H](OC(C)=O)[C@@H](OC(C)=O)[C@@H](O[C@H]1[C@H](OC(C)=O)[C@H]2OC(C)=O)O[C@@H]7COC/C=C/CC(F)(F)C(F)(F)C(F)(F)F)O[C@@H]6COC(C)=O)O[C@@H]5COC(C)=O)O[C@@H]4COC(C)=O)O[C@@H]3COC(C)=O. The van der Waals surface area contributed by atoms with Crippen molar-refractivity contribution in [1.29, 1.82) is 0 Å². The van der Waals surface area contributed by atoms with Crippen LogP contribution in [0.1, 0.15) is 124 Å². The molecule has 0 aromatic rings. The minimum Gasteiger partial charge on any atom is -0.463 e.